The molecule has 1 aliphatic heterocycles. The van der Waals surface area contributed by atoms with Crippen molar-refractivity contribution in [2.75, 3.05) is 13.6 Å². The van der Waals surface area contributed by atoms with Gasteiger partial charge in [0, 0.05) is 14.0 Å². The number of amides is 3. The van der Waals surface area contributed by atoms with Crippen LogP contribution in [0.4, 0.5) is 0 Å². The molecule has 1 rings (SSSR count). The molecule has 6 nitrogen and oxygen atoms in total. The molecule has 0 unspecified atom stereocenters. The molecule has 1 aliphatic rings. The average molecular weight is 227 g/mol. The normalized spacial score (nSPS) is 25.8. The van der Waals surface area contributed by atoms with Crippen molar-refractivity contribution in [3.8, 4) is 0 Å². The Labute approximate surface area is 94.4 Å². The van der Waals surface area contributed by atoms with E-state index in [0.717, 1.165) is 0 Å². The minimum Gasteiger partial charge on any atom is -0.357 e. The van der Waals surface area contributed by atoms with Crippen LogP contribution in [0.5, 0.6) is 0 Å². The third-order valence-electron chi connectivity index (χ3n) is 2.76. The summed E-state index contributed by atoms with van der Waals surface area (Å²) >= 11 is 0. The van der Waals surface area contributed by atoms with E-state index in [0.29, 0.717) is 6.54 Å². The summed E-state index contributed by atoms with van der Waals surface area (Å²) in [6, 6.07) is -0.501. The van der Waals surface area contributed by atoms with E-state index in [-0.39, 0.29) is 17.7 Å². The van der Waals surface area contributed by atoms with Gasteiger partial charge < -0.3 is 15.5 Å². The van der Waals surface area contributed by atoms with Crippen molar-refractivity contribution >= 4 is 17.7 Å². The highest BCUT2D eigenvalue weighted by molar-refractivity contribution is 5.99. The van der Waals surface area contributed by atoms with Crippen molar-refractivity contribution in [1.29, 1.82) is 0 Å². The van der Waals surface area contributed by atoms with Gasteiger partial charge in [-0.2, -0.15) is 0 Å². The summed E-state index contributed by atoms with van der Waals surface area (Å²) in [5.41, 5.74) is -0.853. The first-order chi connectivity index (χ1) is 7.31. The Morgan fingerprint density at radius 1 is 1.50 bits per heavy atom. The van der Waals surface area contributed by atoms with Gasteiger partial charge in [-0.1, -0.05) is 0 Å². The van der Waals surface area contributed by atoms with Crippen LogP contribution >= 0.6 is 0 Å². The molecule has 1 heterocycles. The minimum absolute atomic E-state index is 0.210. The lowest BCUT2D eigenvalue weighted by atomic mass is 9.89. The zero-order chi connectivity index (χ0) is 12.5. The van der Waals surface area contributed by atoms with Crippen LogP contribution in [-0.2, 0) is 14.4 Å². The van der Waals surface area contributed by atoms with E-state index < -0.39 is 11.6 Å². The molecule has 2 N–H and O–H groups in total. The molecule has 16 heavy (non-hydrogen) atoms. The molecule has 0 aromatic heterocycles. The van der Waals surface area contributed by atoms with Gasteiger partial charge in [-0.05, 0) is 13.8 Å². The zero-order valence-corrected chi connectivity index (χ0v) is 9.96. The van der Waals surface area contributed by atoms with Crippen LogP contribution in [-0.4, -0.2) is 47.8 Å². The van der Waals surface area contributed by atoms with Crippen molar-refractivity contribution in [2.24, 2.45) is 0 Å². The molecule has 1 fully saturated rings. The molecule has 0 radical (unpaired) electrons. The van der Waals surface area contributed by atoms with Crippen LogP contribution in [0.2, 0.25) is 0 Å². The molecular formula is C10H17N3O3. The first-order valence-electron chi connectivity index (χ1n) is 5.13. The molecule has 0 aliphatic carbocycles. The number of nitrogens with zero attached hydrogens (tertiary/aromatic N) is 1. The highest BCUT2D eigenvalue weighted by Crippen LogP contribution is 2.24. The van der Waals surface area contributed by atoms with Crippen molar-refractivity contribution in [2.45, 2.75) is 32.4 Å². The highest BCUT2D eigenvalue weighted by Gasteiger charge is 2.51. The van der Waals surface area contributed by atoms with Crippen LogP contribution in [0.25, 0.3) is 0 Å². The van der Waals surface area contributed by atoms with E-state index in [2.05, 4.69) is 10.6 Å². The van der Waals surface area contributed by atoms with Crippen LogP contribution in [0.1, 0.15) is 20.8 Å². The fraction of sp³-hybridized carbons (Fsp3) is 0.700. The van der Waals surface area contributed by atoms with Gasteiger partial charge in [-0.25, -0.2) is 0 Å². The first-order valence-corrected chi connectivity index (χ1v) is 5.13. The molecule has 3 amide bonds. The van der Waals surface area contributed by atoms with Crippen LogP contribution in [0.15, 0.2) is 0 Å². The maximum absolute atomic E-state index is 11.8. The molecular weight excluding hydrogens is 210 g/mol. The molecule has 0 aromatic carbocycles. The van der Waals surface area contributed by atoms with Crippen molar-refractivity contribution in [3.63, 3.8) is 0 Å². The van der Waals surface area contributed by atoms with E-state index in [1.54, 1.807) is 13.8 Å². The van der Waals surface area contributed by atoms with E-state index in [1.807, 2.05) is 0 Å². The maximum atomic E-state index is 11.8. The Kier molecular flexibility index (Phi) is 3.21. The fourth-order valence-corrected chi connectivity index (χ4v) is 1.85. The second-order valence-corrected chi connectivity index (χ2v) is 4.24. The number of likely N-dealkylation sites (N-methyl/N-ethyl adjacent to an activating group) is 1. The molecule has 1 saturated heterocycles. The Morgan fingerprint density at radius 2 is 2.06 bits per heavy atom. The maximum Gasteiger partial charge on any atom is 0.250 e. The smallest absolute Gasteiger partial charge is 0.250 e. The van der Waals surface area contributed by atoms with Gasteiger partial charge >= 0.3 is 0 Å². The van der Waals surface area contributed by atoms with Crippen LogP contribution in [0.3, 0.4) is 0 Å². The Bertz CT molecular complexity index is 342. The molecule has 0 bridgehead atoms. The molecule has 2 atom stereocenters. The fourth-order valence-electron chi connectivity index (χ4n) is 1.85. The number of likely N-dealkylation sites (tertiary alicyclic amines) is 1. The first kappa shape index (κ1) is 12.5. The quantitative estimate of drug-likeness (QED) is 0.598. The Hall–Kier alpha value is -1.59. The summed E-state index contributed by atoms with van der Waals surface area (Å²) in [5, 5.41) is 5.07. The standard InChI is InChI=1S/C10H17N3O3/c1-6(8(15)11-4)13-5-10(3,9(13)16)12-7(2)14/h6H,5H2,1-4H3,(H,11,15)(H,12,14)/t6-,10-/m1/s1. The van der Waals surface area contributed by atoms with Gasteiger partial charge in [0.05, 0.1) is 6.54 Å². The molecule has 0 saturated carbocycles. The highest BCUT2D eigenvalue weighted by atomic mass is 16.2. The van der Waals surface area contributed by atoms with Gasteiger partial charge in [-0.3, -0.25) is 14.4 Å². The monoisotopic (exact) mass is 227 g/mol. The minimum atomic E-state index is -0.853. The number of hydrogen-bond acceptors (Lipinski definition) is 3. The summed E-state index contributed by atoms with van der Waals surface area (Å²) in [6.45, 7) is 5.04. The lowest BCUT2D eigenvalue weighted by Gasteiger charge is -2.48. The summed E-state index contributed by atoms with van der Waals surface area (Å²) in [7, 11) is 1.52. The van der Waals surface area contributed by atoms with Crippen LogP contribution in [0, 0.1) is 0 Å². The van der Waals surface area contributed by atoms with Gasteiger partial charge in [0.2, 0.25) is 11.8 Å². The molecule has 90 valence electrons. The topological polar surface area (TPSA) is 78.5 Å². The second-order valence-electron chi connectivity index (χ2n) is 4.24. The van der Waals surface area contributed by atoms with Crippen molar-refractivity contribution in [3.05, 3.63) is 0 Å². The third-order valence-corrected chi connectivity index (χ3v) is 2.76. The number of β-lactam (4-membered cyclic amide) rings is 1. The number of carbonyl (C=O) groups is 3. The van der Waals surface area contributed by atoms with Gasteiger partial charge in [0.1, 0.15) is 11.6 Å². The number of carbonyl (C=O) groups excluding carboxylic acids is 3. The lowest BCUT2D eigenvalue weighted by molar-refractivity contribution is -0.160. The van der Waals surface area contributed by atoms with Gasteiger partial charge in [-0.15, -0.1) is 0 Å². The predicted molar refractivity (Wildman–Crippen MR) is 57.5 cm³/mol. The van der Waals surface area contributed by atoms with E-state index in [4.69, 9.17) is 0 Å². The summed E-state index contributed by atoms with van der Waals surface area (Å²) in [5.74, 6) is -0.680. The zero-order valence-electron chi connectivity index (χ0n) is 9.96. The number of nitrogens with one attached hydrogen (secondary N) is 2. The molecule has 0 spiro atoms. The van der Waals surface area contributed by atoms with E-state index in [9.17, 15) is 14.4 Å². The lowest BCUT2D eigenvalue weighted by Crippen LogP contribution is -2.75. The number of hydrogen-bond donors (Lipinski definition) is 2. The Balaban J connectivity index is 2.64. The average Bonchev–Trinajstić information content (AvgIpc) is 2.22. The SMILES string of the molecule is CNC(=O)[C@@H](C)N1C[C@@](C)(NC(C)=O)C1=O. The molecule has 0 aromatic rings. The van der Waals surface area contributed by atoms with Crippen molar-refractivity contribution < 1.29 is 14.4 Å². The van der Waals surface area contributed by atoms with E-state index in [1.165, 1.54) is 18.9 Å². The predicted octanol–water partition coefficient (Wildman–Crippen LogP) is -1.14. The number of rotatable bonds is 3. The summed E-state index contributed by atoms with van der Waals surface area (Å²) in [4.78, 5) is 35.5. The van der Waals surface area contributed by atoms with Gasteiger partial charge in [0.25, 0.3) is 5.91 Å². The third kappa shape index (κ3) is 2.00. The van der Waals surface area contributed by atoms with Crippen LogP contribution < -0.4 is 10.6 Å². The van der Waals surface area contributed by atoms with Crippen molar-refractivity contribution in [1.82, 2.24) is 15.5 Å². The Morgan fingerprint density at radius 3 is 2.44 bits per heavy atom. The summed E-state index contributed by atoms with van der Waals surface area (Å²) < 4.78 is 0. The van der Waals surface area contributed by atoms with E-state index >= 15 is 0 Å². The second kappa shape index (κ2) is 4.11. The molecule has 6 heteroatoms. The summed E-state index contributed by atoms with van der Waals surface area (Å²) in [6.07, 6.45) is 0. The van der Waals surface area contributed by atoms with Gasteiger partial charge in [0.15, 0.2) is 0 Å². The largest absolute Gasteiger partial charge is 0.357 e.